The SMILES string of the molecule is CCCCCCCOP(=O)(SCCCCCCC)Sc1ccccc1. The first kappa shape index (κ1) is 23.1. The van der Waals surface area contributed by atoms with Gasteiger partial charge in [0.1, 0.15) is 0 Å². The lowest BCUT2D eigenvalue weighted by Gasteiger charge is -2.17. The molecule has 0 fully saturated rings. The normalized spacial score (nSPS) is 13.7. The molecule has 144 valence electrons. The van der Waals surface area contributed by atoms with Gasteiger partial charge in [-0.3, -0.25) is 4.57 Å². The highest BCUT2D eigenvalue weighted by molar-refractivity contribution is 8.89. The van der Waals surface area contributed by atoms with Crippen LogP contribution in [0.15, 0.2) is 35.2 Å². The summed E-state index contributed by atoms with van der Waals surface area (Å²) in [5.41, 5.74) is 0. The van der Waals surface area contributed by atoms with Crippen molar-refractivity contribution in [3.8, 4) is 0 Å². The van der Waals surface area contributed by atoms with Gasteiger partial charge in [-0.1, -0.05) is 94.8 Å². The highest BCUT2D eigenvalue weighted by Gasteiger charge is 2.25. The molecule has 0 saturated heterocycles. The zero-order valence-corrected chi connectivity index (χ0v) is 18.5. The lowest BCUT2D eigenvalue weighted by atomic mass is 10.2. The van der Waals surface area contributed by atoms with Gasteiger partial charge in [0.15, 0.2) is 0 Å². The van der Waals surface area contributed by atoms with Gasteiger partial charge < -0.3 is 4.52 Å². The quantitative estimate of drug-likeness (QED) is 0.204. The van der Waals surface area contributed by atoms with Crippen LogP contribution >= 0.6 is 28.5 Å². The minimum Gasteiger partial charge on any atom is -0.313 e. The van der Waals surface area contributed by atoms with Crippen LogP contribution in [0.4, 0.5) is 0 Å². The van der Waals surface area contributed by atoms with Gasteiger partial charge in [0.25, 0.3) is 0 Å². The van der Waals surface area contributed by atoms with E-state index in [9.17, 15) is 4.57 Å². The fourth-order valence-electron chi connectivity index (χ4n) is 2.46. The molecule has 1 aromatic rings. The van der Waals surface area contributed by atoms with Gasteiger partial charge >= 0.3 is 5.77 Å². The van der Waals surface area contributed by atoms with Crippen LogP contribution in [0.2, 0.25) is 0 Å². The van der Waals surface area contributed by atoms with Crippen molar-refractivity contribution >= 4 is 28.5 Å². The van der Waals surface area contributed by atoms with Crippen LogP contribution in [0.5, 0.6) is 0 Å². The fraction of sp³-hybridized carbons (Fsp3) is 0.700. The smallest absolute Gasteiger partial charge is 0.313 e. The summed E-state index contributed by atoms with van der Waals surface area (Å²) in [5, 5.41) is 0. The van der Waals surface area contributed by atoms with E-state index in [0.717, 1.165) is 23.5 Å². The first-order valence-corrected chi connectivity index (χ1v) is 14.5. The van der Waals surface area contributed by atoms with E-state index in [2.05, 4.69) is 13.8 Å². The Labute approximate surface area is 163 Å². The lowest BCUT2D eigenvalue weighted by molar-refractivity contribution is 0.321. The Kier molecular flexibility index (Phi) is 14.1. The fourth-order valence-corrected chi connectivity index (χ4v) is 9.20. The maximum absolute atomic E-state index is 13.3. The molecule has 1 atom stereocenters. The van der Waals surface area contributed by atoms with Crippen LogP contribution in [0.1, 0.15) is 78.1 Å². The molecule has 2 nitrogen and oxygen atoms in total. The zero-order valence-electron chi connectivity index (χ0n) is 16.0. The number of unbranched alkanes of at least 4 members (excludes halogenated alkanes) is 8. The van der Waals surface area contributed by atoms with Crippen molar-refractivity contribution in [3.63, 3.8) is 0 Å². The molecule has 0 aliphatic carbocycles. The summed E-state index contributed by atoms with van der Waals surface area (Å²) in [6, 6.07) is 10.0. The third-order valence-electron chi connectivity index (χ3n) is 3.96. The van der Waals surface area contributed by atoms with Gasteiger partial charge in [0.05, 0.1) is 6.61 Å². The zero-order chi connectivity index (χ0) is 18.2. The molecule has 1 unspecified atom stereocenters. The van der Waals surface area contributed by atoms with Crippen molar-refractivity contribution in [2.45, 2.75) is 83.0 Å². The van der Waals surface area contributed by atoms with Crippen LogP contribution < -0.4 is 0 Å². The molecule has 1 aromatic carbocycles. The molecule has 0 saturated carbocycles. The Balaban J connectivity index is 2.41. The predicted molar refractivity (Wildman–Crippen MR) is 116 cm³/mol. The Morgan fingerprint density at radius 3 is 2.08 bits per heavy atom. The highest BCUT2D eigenvalue weighted by Crippen LogP contribution is 2.72. The molecule has 5 heteroatoms. The molecule has 0 bridgehead atoms. The summed E-state index contributed by atoms with van der Waals surface area (Å²) in [5.74, 6) is -1.79. The Morgan fingerprint density at radius 2 is 1.44 bits per heavy atom. The van der Waals surface area contributed by atoms with Crippen molar-refractivity contribution in [2.75, 3.05) is 12.4 Å². The first-order valence-electron chi connectivity index (χ1n) is 9.84. The second-order valence-corrected chi connectivity index (χ2v) is 13.7. The Hall–Kier alpha value is 0.110. The number of rotatable bonds is 16. The van der Waals surface area contributed by atoms with Crippen LogP contribution in [0, 0.1) is 0 Å². The van der Waals surface area contributed by atoms with E-state index in [1.165, 1.54) is 62.7 Å². The number of hydrogen-bond donors (Lipinski definition) is 0. The van der Waals surface area contributed by atoms with Crippen molar-refractivity contribution in [3.05, 3.63) is 30.3 Å². The molecule has 0 aliphatic heterocycles. The molecule has 0 aromatic heterocycles. The van der Waals surface area contributed by atoms with E-state index in [1.807, 2.05) is 30.3 Å². The molecule has 0 aliphatic rings. The molecule has 25 heavy (non-hydrogen) atoms. The molecule has 0 heterocycles. The van der Waals surface area contributed by atoms with Gasteiger partial charge in [-0.25, -0.2) is 0 Å². The average molecular weight is 403 g/mol. The van der Waals surface area contributed by atoms with E-state index in [-0.39, 0.29) is 0 Å². The van der Waals surface area contributed by atoms with E-state index in [0.29, 0.717) is 6.61 Å². The monoisotopic (exact) mass is 402 g/mol. The summed E-state index contributed by atoms with van der Waals surface area (Å²) in [4.78, 5) is 1.04. The molecule has 0 amide bonds. The summed E-state index contributed by atoms with van der Waals surface area (Å²) < 4.78 is 19.2. The summed E-state index contributed by atoms with van der Waals surface area (Å²) in [6.07, 6.45) is 12.2. The first-order chi connectivity index (χ1) is 12.2. The molecular formula is C20H35O2PS2. The summed E-state index contributed by atoms with van der Waals surface area (Å²) in [6.45, 7) is 5.07. The van der Waals surface area contributed by atoms with Crippen molar-refractivity contribution in [1.82, 2.24) is 0 Å². The van der Waals surface area contributed by atoms with Crippen LogP contribution in [-0.4, -0.2) is 12.4 Å². The average Bonchev–Trinajstić information content (AvgIpc) is 2.62. The van der Waals surface area contributed by atoms with E-state index < -0.39 is 5.77 Å². The standard InChI is InChI=1S/C20H35O2PS2/c1-3-5-7-9-14-18-22-23(21,24-19-15-10-8-6-4-2)25-20-16-12-11-13-17-20/h11-13,16-17H,3-10,14-15,18-19H2,1-2H3. The van der Waals surface area contributed by atoms with Crippen LogP contribution in [-0.2, 0) is 9.09 Å². The maximum atomic E-state index is 13.3. The van der Waals surface area contributed by atoms with Crippen molar-refractivity contribution in [1.29, 1.82) is 0 Å². The lowest BCUT2D eigenvalue weighted by Crippen LogP contribution is -1.91. The van der Waals surface area contributed by atoms with Gasteiger partial charge in [-0.15, -0.1) is 0 Å². The summed E-state index contributed by atoms with van der Waals surface area (Å²) >= 11 is 2.97. The maximum Gasteiger partial charge on any atom is 0.317 e. The highest BCUT2D eigenvalue weighted by atomic mass is 33.1. The third kappa shape index (κ3) is 12.2. The Bertz CT molecular complexity index is 448. The van der Waals surface area contributed by atoms with Gasteiger partial charge in [-0.2, -0.15) is 0 Å². The van der Waals surface area contributed by atoms with Crippen molar-refractivity contribution < 1.29 is 9.09 Å². The molecule has 0 radical (unpaired) electrons. The third-order valence-corrected chi connectivity index (χ3v) is 11.0. The predicted octanol–water partition coefficient (Wildman–Crippen LogP) is 8.58. The van der Waals surface area contributed by atoms with E-state index in [1.54, 1.807) is 11.4 Å². The van der Waals surface area contributed by atoms with Gasteiger partial charge in [0.2, 0.25) is 0 Å². The number of benzene rings is 1. The van der Waals surface area contributed by atoms with Crippen LogP contribution in [0.3, 0.4) is 0 Å². The van der Waals surface area contributed by atoms with E-state index in [4.69, 9.17) is 4.52 Å². The van der Waals surface area contributed by atoms with Gasteiger partial charge in [-0.05, 0) is 36.4 Å². The van der Waals surface area contributed by atoms with Crippen LogP contribution in [0.25, 0.3) is 0 Å². The second-order valence-electron chi connectivity index (χ2n) is 6.35. The van der Waals surface area contributed by atoms with Crippen molar-refractivity contribution in [2.24, 2.45) is 0 Å². The minimum atomic E-state index is -2.72. The molecule has 0 spiro atoms. The molecule has 1 rings (SSSR count). The minimum absolute atomic E-state index is 0.615. The molecular weight excluding hydrogens is 367 g/mol. The second kappa shape index (κ2) is 15.2. The topological polar surface area (TPSA) is 26.3 Å². The number of hydrogen-bond acceptors (Lipinski definition) is 4. The Morgan fingerprint density at radius 1 is 0.840 bits per heavy atom. The largest absolute Gasteiger partial charge is 0.317 e. The van der Waals surface area contributed by atoms with E-state index >= 15 is 0 Å². The summed E-state index contributed by atoms with van der Waals surface area (Å²) in [7, 11) is 0. The molecule has 0 N–H and O–H groups in total. The van der Waals surface area contributed by atoms with Gasteiger partial charge in [0, 0.05) is 10.6 Å².